The summed E-state index contributed by atoms with van der Waals surface area (Å²) in [4.78, 5) is 24.3. The van der Waals surface area contributed by atoms with Gasteiger partial charge in [0, 0.05) is 5.69 Å². The second kappa shape index (κ2) is 7.10. The van der Waals surface area contributed by atoms with E-state index in [0.29, 0.717) is 15.0 Å². The molecule has 0 saturated carbocycles. The molecular weight excluding hydrogens is 346 g/mol. The molecule has 24 heavy (non-hydrogen) atoms. The molecule has 2 aromatic heterocycles. The number of amides is 1. The van der Waals surface area contributed by atoms with Gasteiger partial charge in [-0.2, -0.15) is 4.52 Å². The second-order valence-corrected chi connectivity index (χ2v) is 7.22. The number of aryl methyl sites for hydroxylation is 2. The summed E-state index contributed by atoms with van der Waals surface area (Å²) in [5, 5.41) is 14.7. The van der Waals surface area contributed by atoms with Crippen LogP contribution in [0.2, 0.25) is 0 Å². The van der Waals surface area contributed by atoms with Crippen molar-refractivity contribution in [3.05, 3.63) is 45.9 Å². The van der Waals surface area contributed by atoms with Crippen molar-refractivity contribution >= 4 is 39.7 Å². The van der Waals surface area contributed by atoms with Gasteiger partial charge in [0.2, 0.25) is 10.9 Å². The number of rotatable bonds is 5. The van der Waals surface area contributed by atoms with Crippen LogP contribution >= 0.6 is 23.1 Å². The maximum Gasteiger partial charge on any atom is 0.296 e. The molecule has 0 radical (unpaired) electrons. The molecule has 0 bridgehead atoms. The average molecular weight is 361 g/mol. The van der Waals surface area contributed by atoms with Crippen LogP contribution < -0.4 is 10.9 Å². The lowest BCUT2D eigenvalue weighted by Crippen LogP contribution is -2.19. The molecule has 0 aliphatic heterocycles. The Morgan fingerprint density at radius 1 is 1.29 bits per heavy atom. The fraction of sp³-hybridized carbons (Fsp3) is 0.267. The Balaban J connectivity index is 1.63. The largest absolute Gasteiger partial charge is 0.325 e. The van der Waals surface area contributed by atoms with Crippen molar-refractivity contribution in [3.63, 3.8) is 0 Å². The van der Waals surface area contributed by atoms with Crippen molar-refractivity contribution < 1.29 is 4.79 Å². The number of aromatic nitrogens is 4. The Labute approximate surface area is 146 Å². The first-order valence-corrected chi connectivity index (χ1v) is 9.12. The highest BCUT2D eigenvalue weighted by molar-refractivity contribution is 8.01. The minimum atomic E-state index is -0.288. The average Bonchev–Trinajstić information content (AvgIpc) is 3.01. The Hall–Kier alpha value is -2.26. The highest BCUT2D eigenvalue weighted by atomic mass is 32.2. The summed E-state index contributed by atoms with van der Waals surface area (Å²) in [5.41, 5.74) is 1.99. The molecule has 0 spiro atoms. The van der Waals surface area contributed by atoms with Gasteiger partial charge in [0.25, 0.3) is 5.56 Å². The molecule has 0 unspecified atom stereocenters. The molecule has 2 heterocycles. The van der Waals surface area contributed by atoms with Crippen LogP contribution in [0.4, 0.5) is 5.69 Å². The van der Waals surface area contributed by atoms with E-state index in [1.54, 1.807) is 6.92 Å². The number of nitrogens with zero attached hydrogens (tertiary/aromatic N) is 4. The summed E-state index contributed by atoms with van der Waals surface area (Å²) in [6, 6.07) is 7.75. The Kier molecular flexibility index (Phi) is 4.91. The molecule has 0 aliphatic rings. The number of nitrogens with one attached hydrogen (secondary N) is 1. The SMILES string of the molecule is CCc1ccc(NC(=O)CSc2nn3c(=O)c(C)nnc3s2)cc1. The number of benzene rings is 1. The maximum absolute atomic E-state index is 12.0. The summed E-state index contributed by atoms with van der Waals surface area (Å²) in [6.45, 7) is 3.67. The first-order chi connectivity index (χ1) is 11.6. The number of hydrogen-bond donors (Lipinski definition) is 1. The van der Waals surface area contributed by atoms with E-state index in [1.165, 1.54) is 33.2 Å². The molecule has 3 rings (SSSR count). The van der Waals surface area contributed by atoms with E-state index in [-0.39, 0.29) is 17.2 Å². The molecule has 9 heteroatoms. The number of hydrogen-bond acceptors (Lipinski definition) is 7. The van der Waals surface area contributed by atoms with Crippen LogP contribution in [-0.2, 0) is 11.2 Å². The van der Waals surface area contributed by atoms with Crippen LogP contribution in [0.15, 0.2) is 33.4 Å². The van der Waals surface area contributed by atoms with Crippen LogP contribution in [0.3, 0.4) is 0 Å². The third-order valence-electron chi connectivity index (χ3n) is 3.30. The minimum Gasteiger partial charge on any atom is -0.325 e. The topological polar surface area (TPSA) is 89.3 Å². The second-order valence-electron chi connectivity index (χ2n) is 5.04. The van der Waals surface area contributed by atoms with Crippen molar-refractivity contribution in [1.82, 2.24) is 19.8 Å². The Bertz CT molecular complexity index is 933. The lowest BCUT2D eigenvalue weighted by Gasteiger charge is -2.04. The van der Waals surface area contributed by atoms with Crippen molar-refractivity contribution in [1.29, 1.82) is 0 Å². The van der Waals surface area contributed by atoms with E-state index in [2.05, 4.69) is 27.5 Å². The van der Waals surface area contributed by atoms with Crippen molar-refractivity contribution in [3.8, 4) is 0 Å². The first kappa shape index (κ1) is 16.6. The Morgan fingerprint density at radius 2 is 2.04 bits per heavy atom. The molecule has 0 aliphatic carbocycles. The first-order valence-electron chi connectivity index (χ1n) is 7.31. The third kappa shape index (κ3) is 3.62. The smallest absolute Gasteiger partial charge is 0.296 e. The molecule has 1 N–H and O–H groups in total. The van der Waals surface area contributed by atoms with Gasteiger partial charge in [-0.3, -0.25) is 9.59 Å². The van der Waals surface area contributed by atoms with Crippen LogP contribution in [0, 0.1) is 6.92 Å². The van der Waals surface area contributed by atoms with E-state index in [4.69, 9.17) is 0 Å². The zero-order chi connectivity index (χ0) is 17.1. The summed E-state index contributed by atoms with van der Waals surface area (Å²) in [7, 11) is 0. The summed E-state index contributed by atoms with van der Waals surface area (Å²) in [5.74, 6) is 0.0781. The van der Waals surface area contributed by atoms with E-state index in [0.717, 1.165) is 12.1 Å². The van der Waals surface area contributed by atoms with Gasteiger partial charge in [-0.05, 0) is 31.0 Å². The highest BCUT2D eigenvalue weighted by Gasteiger charge is 2.11. The zero-order valence-corrected chi connectivity index (χ0v) is 14.8. The predicted molar refractivity (Wildman–Crippen MR) is 94.8 cm³/mol. The lowest BCUT2D eigenvalue weighted by atomic mass is 10.1. The van der Waals surface area contributed by atoms with Gasteiger partial charge >= 0.3 is 0 Å². The summed E-state index contributed by atoms with van der Waals surface area (Å²) in [6.07, 6.45) is 0.962. The fourth-order valence-corrected chi connectivity index (χ4v) is 3.65. The number of carbonyl (C=O) groups excluding carboxylic acids is 1. The minimum absolute atomic E-state index is 0.127. The molecule has 124 valence electrons. The molecular formula is C15H15N5O2S2. The van der Waals surface area contributed by atoms with Crippen molar-refractivity contribution in [2.24, 2.45) is 0 Å². The third-order valence-corrected chi connectivity index (χ3v) is 5.33. The van der Waals surface area contributed by atoms with Gasteiger partial charge in [-0.15, -0.1) is 15.3 Å². The van der Waals surface area contributed by atoms with Gasteiger partial charge in [0.1, 0.15) is 5.69 Å². The number of fused-ring (bicyclic) bond motifs is 1. The molecule has 3 aromatic rings. The molecule has 0 saturated heterocycles. The molecule has 1 aromatic carbocycles. The van der Waals surface area contributed by atoms with Gasteiger partial charge in [-0.25, -0.2) is 0 Å². The van der Waals surface area contributed by atoms with Crippen LogP contribution in [0.1, 0.15) is 18.2 Å². The number of thioether (sulfide) groups is 1. The monoisotopic (exact) mass is 361 g/mol. The fourth-order valence-electron chi connectivity index (χ4n) is 1.98. The van der Waals surface area contributed by atoms with E-state index >= 15 is 0 Å². The quantitative estimate of drug-likeness (QED) is 0.701. The predicted octanol–water partition coefficient (Wildman–Crippen LogP) is 2.15. The van der Waals surface area contributed by atoms with Crippen LogP contribution in [0.25, 0.3) is 4.96 Å². The molecule has 1 amide bonds. The van der Waals surface area contributed by atoms with Gasteiger partial charge < -0.3 is 5.32 Å². The molecule has 7 nitrogen and oxygen atoms in total. The lowest BCUT2D eigenvalue weighted by molar-refractivity contribution is -0.113. The number of carbonyl (C=O) groups is 1. The van der Waals surface area contributed by atoms with E-state index in [9.17, 15) is 9.59 Å². The van der Waals surface area contributed by atoms with Gasteiger partial charge in [0.05, 0.1) is 5.75 Å². The Morgan fingerprint density at radius 3 is 2.75 bits per heavy atom. The van der Waals surface area contributed by atoms with Crippen molar-refractivity contribution in [2.75, 3.05) is 11.1 Å². The zero-order valence-electron chi connectivity index (χ0n) is 13.1. The summed E-state index contributed by atoms with van der Waals surface area (Å²) >= 11 is 2.50. The maximum atomic E-state index is 12.0. The van der Waals surface area contributed by atoms with Crippen LogP contribution in [0.5, 0.6) is 0 Å². The normalized spacial score (nSPS) is 10.9. The molecule has 0 fully saturated rings. The number of anilines is 1. The van der Waals surface area contributed by atoms with Gasteiger partial charge in [0.15, 0.2) is 4.34 Å². The van der Waals surface area contributed by atoms with Crippen LogP contribution in [-0.4, -0.2) is 31.5 Å². The van der Waals surface area contributed by atoms with E-state index < -0.39 is 0 Å². The molecule has 0 atom stereocenters. The highest BCUT2D eigenvalue weighted by Crippen LogP contribution is 2.23. The van der Waals surface area contributed by atoms with Crippen molar-refractivity contribution in [2.45, 2.75) is 24.6 Å². The van der Waals surface area contributed by atoms with Gasteiger partial charge in [-0.1, -0.05) is 42.2 Å². The standard InChI is InChI=1S/C15H15N5O2S2/c1-3-10-4-6-11(7-5-10)16-12(21)8-23-15-19-20-13(22)9(2)17-18-14(20)24-15/h4-7H,3,8H2,1-2H3,(H,16,21). The van der Waals surface area contributed by atoms with E-state index in [1.807, 2.05) is 24.3 Å². The summed E-state index contributed by atoms with van der Waals surface area (Å²) < 4.78 is 1.82.